The molecule has 1 N–H and O–H groups in total. The van der Waals surface area contributed by atoms with E-state index in [0.717, 1.165) is 15.4 Å². The van der Waals surface area contributed by atoms with Crippen LogP contribution in [0.3, 0.4) is 0 Å². The molecule has 8 nitrogen and oxygen atoms in total. The number of rotatable bonds is 10. The van der Waals surface area contributed by atoms with Gasteiger partial charge in [0.25, 0.3) is 10.0 Å². The molecule has 3 rings (SSSR count). The molecule has 3 aromatic carbocycles. The van der Waals surface area contributed by atoms with Gasteiger partial charge >= 0.3 is 0 Å². The minimum Gasteiger partial charge on any atom is -0.497 e. The van der Waals surface area contributed by atoms with Crippen LogP contribution < -0.4 is 14.4 Å². The number of carbonyl (C=O) groups is 2. The Balaban J connectivity index is 2.05. The van der Waals surface area contributed by atoms with Crippen LogP contribution in [0.15, 0.2) is 83.8 Å². The zero-order valence-electron chi connectivity index (χ0n) is 23.3. The average molecular weight is 552 g/mol. The summed E-state index contributed by atoms with van der Waals surface area (Å²) in [5, 5.41) is 2.93. The second-order valence-corrected chi connectivity index (χ2v) is 12.3. The fourth-order valence-corrected chi connectivity index (χ4v) is 5.50. The summed E-state index contributed by atoms with van der Waals surface area (Å²) in [5.41, 5.74) is 1.61. The molecule has 0 fully saturated rings. The molecule has 2 amide bonds. The molecule has 0 saturated carbocycles. The molecule has 208 valence electrons. The Kier molecular flexibility index (Phi) is 9.40. The molecule has 0 unspecified atom stereocenters. The first-order valence-corrected chi connectivity index (χ1v) is 14.1. The lowest BCUT2D eigenvalue weighted by Gasteiger charge is -2.33. The molecule has 9 heteroatoms. The number of hydrogen-bond acceptors (Lipinski definition) is 5. The molecule has 0 radical (unpaired) electrons. The van der Waals surface area contributed by atoms with Crippen molar-refractivity contribution in [2.75, 3.05) is 18.0 Å². The number of sulfonamides is 1. The highest BCUT2D eigenvalue weighted by Gasteiger charge is 2.33. The van der Waals surface area contributed by atoms with Crippen LogP contribution in [0.5, 0.6) is 5.75 Å². The SMILES string of the molecule is COc1cccc(N(CC(=O)N(Cc2cccc(C)c2)[C@H](C)C(=O)NC(C)(C)C)S(=O)(=O)c2ccccc2)c1. The van der Waals surface area contributed by atoms with E-state index in [1.165, 1.54) is 24.1 Å². The number of ether oxygens (including phenoxy) is 1. The smallest absolute Gasteiger partial charge is 0.264 e. The minimum absolute atomic E-state index is 0.0457. The standard InChI is InChI=1S/C30H37N3O5S/c1-22-12-10-13-24(18-22)20-32(23(2)29(35)31-30(3,4)5)28(34)21-33(25-14-11-15-26(19-25)38-6)39(36,37)27-16-8-7-9-17-27/h7-19,23H,20-21H2,1-6H3,(H,31,35)/t23-/m1/s1. The highest BCUT2D eigenvalue weighted by atomic mass is 32.2. The molecule has 39 heavy (non-hydrogen) atoms. The predicted molar refractivity (Wildman–Crippen MR) is 153 cm³/mol. The molecule has 0 aliphatic carbocycles. The number of anilines is 1. The quantitative estimate of drug-likeness (QED) is 0.399. The van der Waals surface area contributed by atoms with Gasteiger partial charge in [-0.2, -0.15) is 0 Å². The van der Waals surface area contributed by atoms with E-state index in [2.05, 4.69) is 5.32 Å². The van der Waals surface area contributed by atoms with E-state index >= 15 is 0 Å². The van der Waals surface area contributed by atoms with E-state index in [0.29, 0.717) is 5.75 Å². The van der Waals surface area contributed by atoms with E-state index < -0.39 is 34.1 Å². The summed E-state index contributed by atoms with van der Waals surface area (Å²) in [4.78, 5) is 28.6. The number of amides is 2. The lowest BCUT2D eigenvalue weighted by Crippen LogP contribution is -2.54. The van der Waals surface area contributed by atoms with Crippen molar-refractivity contribution in [1.29, 1.82) is 0 Å². The molecule has 0 bridgehead atoms. The minimum atomic E-state index is -4.13. The summed E-state index contributed by atoms with van der Waals surface area (Å²) >= 11 is 0. The third kappa shape index (κ3) is 7.83. The summed E-state index contributed by atoms with van der Waals surface area (Å²) in [7, 11) is -2.65. The highest BCUT2D eigenvalue weighted by molar-refractivity contribution is 7.92. The summed E-state index contributed by atoms with van der Waals surface area (Å²) in [6, 6.07) is 21.3. The lowest BCUT2D eigenvalue weighted by molar-refractivity contribution is -0.140. The number of carbonyl (C=O) groups excluding carboxylic acids is 2. The van der Waals surface area contributed by atoms with Gasteiger partial charge in [0.2, 0.25) is 11.8 Å². The van der Waals surface area contributed by atoms with Crippen molar-refractivity contribution in [1.82, 2.24) is 10.2 Å². The van der Waals surface area contributed by atoms with Crippen LogP contribution in [-0.4, -0.2) is 50.4 Å². The first kappa shape index (κ1) is 29.7. The van der Waals surface area contributed by atoms with Crippen LogP contribution in [0.2, 0.25) is 0 Å². The molecule has 0 heterocycles. The molecule has 0 saturated heterocycles. The summed E-state index contributed by atoms with van der Waals surface area (Å²) < 4.78 is 34.0. The lowest BCUT2D eigenvalue weighted by atomic mass is 10.1. The number of methoxy groups -OCH3 is 1. The second kappa shape index (κ2) is 12.3. The van der Waals surface area contributed by atoms with Crippen molar-refractivity contribution in [3.05, 3.63) is 90.0 Å². The van der Waals surface area contributed by atoms with Gasteiger partial charge in [-0.15, -0.1) is 0 Å². The zero-order chi connectivity index (χ0) is 28.8. The maximum Gasteiger partial charge on any atom is 0.264 e. The van der Waals surface area contributed by atoms with Gasteiger partial charge in [0, 0.05) is 18.2 Å². The third-order valence-electron chi connectivity index (χ3n) is 6.05. The highest BCUT2D eigenvalue weighted by Crippen LogP contribution is 2.27. The van der Waals surface area contributed by atoms with Gasteiger partial charge in [-0.1, -0.05) is 54.1 Å². The van der Waals surface area contributed by atoms with Gasteiger partial charge < -0.3 is 15.0 Å². The largest absolute Gasteiger partial charge is 0.497 e. The Morgan fingerprint density at radius 3 is 2.23 bits per heavy atom. The fraction of sp³-hybridized carbons (Fsp3) is 0.333. The van der Waals surface area contributed by atoms with Gasteiger partial charge in [0.1, 0.15) is 18.3 Å². The first-order chi connectivity index (χ1) is 18.3. The molecule has 0 aliphatic rings. The monoisotopic (exact) mass is 551 g/mol. The van der Waals surface area contributed by atoms with Crippen LogP contribution in [0.4, 0.5) is 5.69 Å². The van der Waals surface area contributed by atoms with E-state index in [4.69, 9.17) is 4.74 Å². The number of aryl methyl sites for hydroxylation is 1. The topological polar surface area (TPSA) is 96.0 Å². The van der Waals surface area contributed by atoms with E-state index in [1.54, 1.807) is 49.4 Å². The number of hydrogen-bond donors (Lipinski definition) is 1. The van der Waals surface area contributed by atoms with E-state index in [1.807, 2.05) is 52.0 Å². The Labute approximate surface area is 231 Å². The molecule has 0 aliphatic heterocycles. The van der Waals surface area contributed by atoms with Gasteiger partial charge in [-0.25, -0.2) is 8.42 Å². The number of benzene rings is 3. The van der Waals surface area contributed by atoms with Crippen LogP contribution in [-0.2, 0) is 26.2 Å². The first-order valence-electron chi connectivity index (χ1n) is 12.7. The summed E-state index contributed by atoms with van der Waals surface area (Å²) in [6.45, 7) is 8.81. The Bertz CT molecular complexity index is 1400. The Hall–Kier alpha value is -3.85. The zero-order valence-corrected chi connectivity index (χ0v) is 24.2. The van der Waals surface area contributed by atoms with Crippen molar-refractivity contribution >= 4 is 27.5 Å². The van der Waals surface area contributed by atoms with Crippen molar-refractivity contribution in [2.45, 2.75) is 57.6 Å². The van der Waals surface area contributed by atoms with Crippen molar-refractivity contribution in [3.63, 3.8) is 0 Å². The second-order valence-electron chi connectivity index (χ2n) is 10.5. The number of nitrogens with zero attached hydrogens (tertiary/aromatic N) is 2. The van der Waals surface area contributed by atoms with Crippen molar-refractivity contribution in [3.8, 4) is 5.75 Å². The normalized spacial score (nSPS) is 12.4. The summed E-state index contributed by atoms with van der Waals surface area (Å²) in [5.74, 6) is -0.402. The summed E-state index contributed by atoms with van der Waals surface area (Å²) in [6.07, 6.45) is 0. The van der Waals surface area contributed by atoms with Crippen LogP contribution in [0.1, 0.15) is 38.8 Å². The fourth-order valence-electron chi connectivity index (χ4n) is 4.08. The van der Waals surface area contributed by atoms with Crippen molar-refractivity contribution < 1.29 is 22.7 Å². The maximum absolute atomic E-state index is 14.0. The maximum atomic E-state index is 14.0. The van der Waals surface area contributed by atoms with Gasteiger partial charge in [-0.3, -0.25) is 13.9 Å². The average Bonchev–Trinajstić information content (AvgIpc) is 2.89. The van der Waals surface area contributed by atoms with Gasteiger partial charge in [0.15, 0.2) is 0 Å². The molecule has 3 aromatic rings. The predicted octanol–water partition coefficient (Wildman–Crippen LogP) is 4.53. The Morgan fingerprint density at radius 1 is 0.949 bits per heavy atom. The van der Waals surface area contributed by atoms with E-state index in [-0.39, 0.29) is 23.0 Å². The molecule has 1 atom stereocenters. The van der Waals surface area contributed by atoms with Crippen LogP contribution in [0, 0.1) is 6.92 Å². The number of nitrogens with one attached hydrogen (secondary N) is 1. The third-order valence-corrected chi connectivity index (χ3v) is 7.84. The van der Waals surface area contributed by atoms with E-state index in [9.17, 15) is 18.0 Å². The molecular weight excluding hydrogens is 514 g/mol. The van der Waals surface area contributed by atoms with Gasteiger partial charge in [0.05, 0.1) is 17.7 Å². The van der Waals surface area contributed by atoms with Crippen LogP contribution >= 0.6 is 0 Å². The van der Waals surface area contributed by atoms with Gasteiger partial charge in [-0.05, 0) is 64.4 Å². The molecule has 0 aromatic heterocycles. The molecular formula is C30H37N3O5S. The van der Waals surface area contributed by atoms with Crippen LogP contribution in [0.25, 0.3) is 0 Å². The van der Waals surface area contributed by atoms with Crippen molar-refractivity contribution in [2.24, 2.45) is 0 Å². The Morgan fingerprint density at radius 2 is 1.62 bits per heavy atom. The molecule has 0 spiro atoms.